The molecule has 19 heavy (non-hydrogen) atoms. The summed E-state index contributed by atoms with van der Waals surface area (Å²) in [6, 6.07) is 4.25. The molecule has 0 aliphatic rings. The predicted octanol–water partition coefficient (Wildman–Crippen LogP) is 3.03. The van der Waals surface area contributed by atoms with Gasteiger partial charge in [0.15, 0.2) is 0 Å². The molecule has 1 amide bonds. The maximum atomic E-state index is 13.3. The van der Waals surface area contributed by atoms with Gasteiger partial charge >= 0.3 is 0 Å². The van der Waals surface area contributed by atoms with Crippen LogP contribution in [0, 0.1) is 11.7 Å². The van der Waals surface area contributed by atoms with Gasteiger partial charge in [0.2, 0.25) is 0 Å². The molecule has 1 aromatic rings. The third-order valence-electron chi connectivity index (χ3n) is 3.11. The molecule has 1 unspecified atom stereocenters. The number of carbonyl (C=O) groups is 1. The van der Waals surface area contributed by atoms with E-state index < -0.39 is 5.82 Å². The lowest BCUT2D eigenvalue weighted by molar-refractivity contribution is 0.0788. The van der Waals surface area contributed by atoms with Gasteiger partial charge in [-0.1, -0.05) is 29.8 Å². The van der Waals surface area contributed by atoms with Crippen molar-refractivity contribution in [2.75, 3.05) is 13.6 Å². The minimum atomic E-state index is -0.426. The summed E-state index contributed by atoms with van der Waals surface area (Å²) in [7, 11) is 1.70. The summed E-state index contributed by atoms with van der Waals surface area (Å²) >= 11 is 3.18. The molecule has 1 rings (SSSR count). The minimum Gasteiger partial charge on any atom is -0.342 e. The van der Waals surface area contributed by atoms with Crippen molar-refractivity contribution >= 4 is 21.8 Å². The number of hydrogen-bond donors (Lipinski definition) is 1. The molecule has 0 saturated heterocycles. The Morgan fingerprint density at radius 1 is 1.42 bits per heavy atom. The fourth-order valence-corrected chi connectivity index (χ4v) is 2.14. The summed E-state index contributed by atoms with van der Waals surface area (Å²) in [6.07, 6.45) is 0.733. The Morgan fingerprint density at radius 2 is 2.05 bits per heavy atom. The van der Waals surface area contributed by atoms with E-state index in [9.17, 15) is 9.18 Å². The molecular weight excluding hydrogens is 311 g/mol. The summed E-state index contributed by atoms with van der Waals surface area (Å²) in [5.74, 6) is -0.243. The second kappa shape index (κ2) is 7.01. The number of nitrogens with zero attached hydrogens (tertiary/aromatic N) is 1. The van der Waals surface area contributed by atoms with Gasteiger partial charge in [0.25, 0.3) is 5.91 Å². The summed E-state index contributed by atoms with van der Waals surface area (Å²) in [5, 5.41) is 0. The summed E-state index contributed by atoms with van der Waals surface area (Å²) in [4.78, 5) is 13.7. The quantitative estimate of drug-likeness (QED) is 0.901. The van der Waals surface area contributed by atoms with Crippen LogP contribution in [-0.4, -0.2) is 30.4 Å². The highest BCUT2D eigenvalue weighted by molar-refractivity contribution is 9.10. The molecule has 0 bridgehead atoms. The molecule has 106 valence electrons. The molecule has 0 heterocycles. The van der Waals surface area contributed by atoms with Gasteiger partial charge in [0.05, 0.1) is 0 Å². The van der Waals surface area contributed by atoms with Gasteiger partial charge in [-0.15, -0.1) is 0 Å². The maximum Gasteiger partial charge on any atom is 0.253 e. The lowest BCUT2D eigenvalue weighted by Gasteiger charge is -2.21. The first kappa shape index (κ1) is 16.1. The lowest BCUT2D eigenvalue weighted by atomic mass is 10.0. The maximum absolute atomic E-state index is 13.3. The Morgan fingerprint density at radius 3 is 2.58 bits per heavy atom. The molecule has 2 N–H and O–H groups in total. The first-order valence-corrected chi connectivity index (χ1v) is 7.07. The molecule has 5 heteroatoms. The van der Waals surface area contributed by atoms with Gasteiger partial charge in [0.1, 0.15) is 5.82 Å². The van der Waals surface area contributed by atoms with E-state index in [1.165, 1.54) is 12.1 Å². The van der Waals surface area contributed by atoms with Gasteiger partial charge in [-0.3, -0.25) is 4.79 Å². The van der Waals surface area contributed by atoms with Crippen LogP contribution in [0.25, 0.3) is 0 Å². The summed E-state index contributed by atoms with van der Waals surface area (Å²) in [6.45, 7) is 4.67. The van der Waals surface area contributed by atoms with E-state index >= 15 is 0 Å². The Bertz CT molecular complexity index is 431. The highest BCUT2D eigenvalue weighted by atomic mass is 79.9. The van der Waals surface area contributed by atoms with Gasteiger partial charge in [-0.25, -0.2) is 4.39 Å². The molecule has 0 radical (unpaired) electrons. The van der Waals surface area contributed by atoms with E-state index in [4.69, 9.17) is 5.73 Å². The van der Waals surface area contributed by atoms with Crippen molar-refractivity contribution in [2.45, 2.75) is 26.3 Å². The zero-order valence-electron chi connectivity index (χ0n) is 11.5. The van der Waals surface area contributed by atoms with Crippen LogP contribution in [0.2, 0.25) is 0 Å². The Balaban J connectivity index is 2.66. The van der Waals surface area contributed by atoms with Gasteiger partial charge < -0.3 is 10.6 Å². The minimum absolute atomic E-state index is 0.0643. The van der Waals surface area contributed by atoms with Crippen LogP contribution in [0.4, 0.5) is 4.39 Å². The van der Waals surface area contributed by atoms with Crippen molar-refractivity contribution in [3.05, 3.63) is 34.1 Å². The van der Waals surface area contributed by atoms with Crippen LogP contribution in [0.1, 0.15) is 30.6 Å². The summed E-state index contributed by atoms with van der Waals surface area (Å²) < 4.78 is 13.8. The third-order valence-corrected chi connectivity index (χ3v) is 3.57. The van der Waals surface area contributed by atoms with Crippen molar-refractivity contribution in [1.82, 2.24) is 4.90 Å². The average Bonchev–Trinajstić information content (AvgIpc) is 2.33. The molecule has 0 spiro atoms. The fourth-order valence-electron chi connectivity index (χ4n) is 1.68. The van der Waals surface area contributed by atoms with E-state index in [1.54, 1.807) is 18.0 Å². The number of hydrogen-bond acceptors (Lipinski definition) is 2. The van der Waals surface area contributed by atoms with Crippen molar-refractivity contribution in [3.63, 3.8) is 0 Å². The van der Waals surface area contributed by atoms with Crippen LogP contribution < -0.4 is 5.73 Å². The van der Waals surface area contributed by atoms with E-state index in [-0.39, 0.29) is 11.9 Å². The SMILES string of the molecule is CC(C)C(N)CCN(C)C(=O)c1cc(F)cc(Br)c1. The Hall–Kier alpha value is -0.940. The molecule has 3 nitrogen and oxygen atoms in total. The van der Waals surface area contributed by atoms with Crippen molar-refractivity contribution < 1.29 is 9.18 Å². The highest BCUT2D eigenvalue weighted by Crippen LogP contribution is 2.16. The number of nitrogens with two attached hydrogens (primary N) is 1. The lowest BCUT2D eigenvalue weighted by Crippen LogP contribution is -2.34. The van der Waals surface area contributed by atoms with Crippen LogP contribution in [0.5, 0.6) is 0 Å². The number of halogens is 2. The monoisotopic (exact) mass is 330 g/mol. The first-order chi connectivity index (χ1) is 8.81. The van der Waals surface area contributed by atoms with E-state index in [1.807, 2.05) is 0 Å². The second-order valence-corrected chi connectivity index (χ2v) is 6.00. The molecule has 1 atom stereocenters. The zero-order valence-corrected chi connectivity index (χ0v) is 13.1. The Labute approximate surface area is 122 Å². The average molecular weight is 331 g/mol. The topological polar surface area (TPSA) is 46.3 Å². The van der Waals surface area contributed by atoms with Crippen LogP contribution >= 0.6 is 15.9 Å². The fraction of sp³-hybridized carbons (Fsp3) is 0.500. The number of benzene rings is 1. The number of carbonyl (C=O) groups excluding carboxylic acids is 1. The molecule has 0 aromatic heterocycles. The standard InChI is InChI=1S/C14H20BrFN2O/c1-9(2)13(17)4-5-18(3)14(19)10-6-11(15)8-12(16)7-10/h6-9,13H,4-5,17H2,1-3H3. The van der Waals surface area contributed by atoms with Crippen molar-refractivity contribution in [2.24, 2.45) is 11.7 Å². The summed E-state index contributed by atoms with van der Waals surface area (Å²) in [5.41, 5.74) is 6.29. The van der Waals surface area contributed by atoms with Crippen LogP contribution in [0.3, 0.4) is 0 Å². The van der Waals surface area contributed by atoms with Gasteiger partial charge in [-0.05, 0) is 30.5 Å². The smallest absolute Gasteiger partial charge is 0.253 e. The van der Waals surface area contributed by atoms with Crippen LogP contribution in [0.15, 0.2) is 22.7 Å². The molecule has 0 fully saturated rings. The van der Waals surface area contributed by atoms with Crippen LogP contribution in [-0.2, 0) is 0 Å². The molecule has 0 aliphatic heterocycles. The van der Waals surface area contributed by atoms with E-state index in [0.29, 0.717) is 22.5 Å². The molecule has 0 saturated carbocycles. The number of amides is 1. The number of rotatable bonds is 5. The van der Waals surface area contributed by atoms with E-state index in [2.05, 4.69) is 29.8 Å². The van der Waals surface area contributed by atoms with Crippen molar-refractivity contribution in [3.8, 4) is 0 Å². The zero-order chi connectivity index (χ0) is 14.6. The largest absolute Gasteiger partial charge is 0.342 e. The molecular formula is C14H20BrFN2O. The van der Waals surface area contributed by atoms with E-state index in [0.717, 1.165) is 6.42 Å². The van der Waals surface area contributed by atoms with Crippen molar-refractivity contribution in [1.29, 1.82) is 0 Å². The third kappa shape index (κ3) is 4.91. The first-order valence-electron chi connectivity index (χ1n) is 6.28. The predicted molar refractivity (Wildman–Crippen MR) is 78.5 cm³/mol. The highest BCUT2D eigenvalue weighted by Gasteiger charge is 2.15. The second-order valence-electron chi connectivity index (χ2n) is 5.08. The van der Waals surface area contributed by atoms with Gasteiger partial charge in [-0.2, -0.15) is 0 Å². The molecule has 0 aliphatic carbocycles. The molecule has 1 aromatic carbocycles. The van der Waals surface area contributed by atoms with Gasteiger partial charge in [0, 0.05) is 29.7 Å². The Kier molecular flexibility index (Phi) is 5.94. The normalized spacial score (nSPS) is 12.6.